The van der Waals surface area contributed by atoms with Gasteiger partial charge in [0.05, 0.1) is 17.6 Å². The highest BCUT2D eigenvalue weighted by molar-refractivity contribution is 5.94. The Balaban J connectivity index is 1.31. The molecule has 1 aromatic carbocycles. The molecule has 5 rings (SSSR count). The first-order valence-corrected chi connectivity index (χ1v) is 12.5. The molecule has 0 aliphatic carbocycles. The van der Waals surface area contributed by atoms with Crippen LogP contribution in [-0.2, 0) is 13.6 Å². The van der Waals surface area contributed by atoms with Crippen LogP contribution in [0.3, 0.4) is 0 Å². The van der Waals surface area contributed by atoms with Gasteiger partial charge in [-0.3, -0.25) is 14.7 Å². The van der Waals surface area contributed by atoms with E-state index in [1.807, 2.05) is 36.5 Å². The van der Waals surface area contributed by atoms with Gasteiger partial charge in [0.1, 0.15) is 5.65 Å². The van der Waals surface area contributed by atoms with Crippen molar-refractivity contribution in [3.63, 3.8) is 0 Å². The Morgan fingerprint density at radius 1 is 1.11 bits per heavy atom. The Kier molecular flexibility index (Phi) is 6.49. The molecule has 0 radical (unpaired) electrons. The van der Waals surface area contributed by atoms with Crippen molar-refractivity contribution in [1.29, 1.82) is 0 Å². The molecule has 7 heteroatoms. The van der Waals surface area contributed by atoms with Gasteiger partial charge < -0.3 is 15.2 Å². The second kappa shape index (κ2) is 9.74. The number of likely N-dealkylation sites (tertiary alicyclic amines) is 1. The largest absolute Gasteiger partial charge is 0.397 e. The van der Waals surface area contributed by atoms with Gasteiger partial charge in [-0.05, 0) is 74.2 Å². The highest BCUT2D eigenvalue weighted by Gasteiger charge is 2.27. The van der Waals surface area contributed by atoms with E-state index in [1.165, 1.54) is 11.3 Å². The zero-order valence-electron chi connectivity index (χ0n) is 21.5. The lowest BCUT2D eigenvalue weighted by molar-refractivity contribution is 0.0827. The van der Waals surface area contributed by atoms with Gasteiger partial charge in [0.2, 0.25) is 0 Å². The summed E-state index contributed by atoms with van der Waals surface area (Å²) in [5.41, 5.74) is 12.8. The molecule has 4 aromatic rings. The summed E-state index contributed by atoms with van der Waals surface area (Å²) in [6.07, 6.45) is 5.76. The van der Waals surface area contributed by atoms with Crippen LogP contribution in [0.25, 0.3) is 22.3 Å². The minimum atomic E-state index is 0.0458. The Bertz CT molecular complexity index is 1370. The average molecular weight is 483 g/mol. The van der Waals surface area contributed by atoms with Gasteiger partial charge in [-0.15, -0.1) is 0 Å². The monoisotopic (exact) mass is 482 g/mol. The summed E-state index contributed by atoms with van der Waals surface area (Å²) in [6, 6.07) is 16.8. The fourth-order valence-corrected chi connectivity index (χ4v) is 5.33. The van der Waals surface area contributed by atoms with Crippen LogP contribution in [-0.4, -0.2) is 56.9 Å². The number of piperidine rings is 1. The number of carbonyl (C=O) groups is 1. The third-order valence-electron chi connectivity index (χ3n) is 7.50. The molecule has 4 heterocycles. The zero-order chi connectivity index (χ0) is 25.4. The third kappa shape index (κ3) is 4.58. The number of nitrogen functional groups attached to an aromatic ring is 1. The molecule has 186 valence electrons. The molecule has 36 heavy (non-hydrogen) atoms. The van der Waals surface area contributed by atoms with Crippen LogP contribution in [0.2, 0.25) is 0 Å². The third-order valence-corrected chi connectivity index (χ3v) is 7.50. The van der Waals surface area contributed by atoms with Crippen molar-refractivity contribution in [1.82, 2.24) is 24.3 Å². The number of nitrogens with two attached hydrogens (primary N) is 1. The normalized spacial score (nSPS) is 18.4. The summed E-state index contributed by atoms with van der Waals surface area (Å²) in [6.45, 7) is 4.23. The number of nitrogens with zero attached hydrogens (tertiary/aromatic N) is 5. The van der Waals surface area contributed by atoms with E-state index in [0.717, 1.165) is 53.8 Å². The fraction of sp³-hybridized carbons (Fsp3) is 0.345. The summed E-state index contributed by atoms with van der Waals surface area (Å²) in [5.74, 6) is 0.557. The lowest BCUT2D eigenvalue weighted by Gasteiger charge is -2.38. The van der Waals surface area contributed by atoms with Gasteiger partial charge in [-0.2, -0.15) is 0 Å². The van der Waals surface area contributed by atoms with E-state index < -0.39 is 0 Å². The first kappa shape index (κ1) is 24.0. The first-order chi connectivity index (χ1) is 17.3. The smallest absolute Gasteiger partial charge is 0.253 e. The quantitative estimate of drug-likeness (QED) is 0.446. The Morgan fingerprint density at radius 2 is 1.89 bits per heavy atom. The van der Waals surface area contributed by atoms with Crippen molar-refractivity contribution in [2.75, 3.05) is 26.4 Å². The van der Waals surface area contributed by atoms with E-state index in [2.05, 4.69) is 51.6 Å². The highest BCUT2D eigenvalue weighted by Crippen LogP contribution is 2.34. The minimum absolute atomic E-state index is 0.0458. The number of amides is 1. The molecule has 1 saturated heterocycles. The van der Waals surface area contributed by atoms with Crippen molar-refractivity contribution >= 4 is 22.6 Å². The number of hydrogen-bond acceptors (Lipinski definition) is 5. The molecule has 3 aromatic heterocycles. The van der Waals surface area contributed by atoms with E-state index in [1.54, 1.807) is 25.2 Å². The predicted molar refractivity (Wildman–Crippen MR) is 145 cm³/mol. The number of hydrogen-bond donors (Lipinski definition) is 1. The van der Waals surface area contributed by atoms with Crippen LogP contribution in [0.5, 0.6) is 0 Å². The van der Waals surface area contributed by atoms with Crippen molar-refractivity contribution in [3.8, 4) is 11.3 Å². The summed E-state index contributed by atoms with van der Waals surface area (Å²) in [4.78, 5) is 25.6. The topological polar surface area (TPSA) is 80.3 Å². The second-order valence-electron chi connectivity index (χ2n) is 10.1. The van der Waals surface area contributed by atoms with Crippen molar-refractivity contribution < 1.29 is 4.79 Å². The minimum Gasteiger partial charge on any atom is -0.397 e. The lowest BCUT2D eigenvalue weighted by Crippen LogP contribution is -2.39. The van der Waals surface area contributed by atoms with Gasteiger partial charge in [0.15, 0.2) is 0 Å². The van der Waals surface area contributed by atoms with E-state index in [-0.39, 0.29) is 5.91 Å². The molecular formula is C29H34N6O. The van der Waals surface area contributed by atoms with Crippen LogP contribution in [0.1, 0.15) is 47.3 Å². The van der Waals surface area contributed by atoms with Gasteiger partial charge in [-0.25, -0.2) is 4.98 Å². The van der Waals surface area contributed by atoms with Gasteiger partial charge in [0.25, 0.3) is 5.91 Å². The Labute approximate surface area is 212 Å². The lowest BCUT2D eigenvalue weighted by atomic mass is 9.85. The number of anilines is 1. The summed E-state index contributed by atoms with van der Waals surface area (Å²) >= 11 is 0. The van der Waals surface area contributed by atoms with Gasteiger partial charge >= 0.3 is 0 Å². The van der Waals surface area contributed by atoms with Gasteiger partial charge in [0, 0.05) is 62.1 Å². The maximum atomic E-state index is 12.2. The van der Waals surface area contributed by atoms with Crippen LogP contribution in [0.15, 0.2) is 60.9 Å². The van der Waals surface area contributed by atoms with E-state index in [9.17, 15) is 4.79 Å². The number of pyridine rings is 2. The zero-order valence-corrected chi connectivity index (χ0v) is 21.5. The molecule has 1 aliphatic heterocycles. The van der Waals surface area contributed by atoms with Gasteiger partial charge in [-0.1, -0.05) is 12.1 Å². The SMILES string of the molecule is C[C@@H]1C[C@H](c2ccc(C(=O)N(C)C)cc2)CCN1Cc1cc2c(-c3ccc(N)cn3)ccnc2n1C. The molecule has 7 nitrogen and oxygen atoms in total. The summed E-state index contributed by atoms with van der Waals surface area (Å²) in [5, 5.41) is 1.11. The Morgan fingerprint density at radius 3 is 2.56 bits per heavy atom. The second-order valence-corrected chi connectivity index (χ2v) is 10.1. The maximum absolute atomic E-state index is 12.2. The molecule has 1 aliphatic rings. The van der Waals surface area contributed by atoms with Crippen molar-refractivity contribution in [2.24, 2.45) is 7.05 Å². The maximum Gasteiger partial charge on any atom is 0.253 e. The molecule has 0 spiro atoms. The molecule has 0 unspecified atom stereocenters. The molecule has 0 saturated carbocycles. The molecular weight excluding hydrogens is 448 g/mol. The van der Waals surface area contributed by atoms with E-state index in [0.29, 0.717) is 17.6 Å². The fourth-order valence-electron chi connectivity index (χ4n) is 5.33. The molecule has 2 N–H and O–H groups in total. The summed E-state index contributed by atoms with van der Waals surface area (Å²) in [7, 11) is 5.67. The summed E-state index contributed by atoms with van der Waals surface area (Å²) < 4.78 is 2.20. The van der Waals surface area contributed by atoms with Crippen LogP contribution < -0.4 is 5.73 Å². The number of aryl methyl sites for hydroxylation is 1. The number of fused-ring (bicyclic) bond motifs is 1. The van der Waals surface area contributed by atoms with E-state index >= 15 is 0 Å². The Hall–Kier alpha value is -3.71. The van der Waals surface area contributed by atoms with Crippen molar-refractivity contribution in [2.45, 2.75) is 38.3 Å². The molecule has 2 atom stereocenters. The van der Waals surface area contributed by atoms with E-state index in [4.69, 9.17) is 5.73 Å². The standard InChI is InChI=1S/C29H34N6O/c1-19-15-22(20-5-7-21(8-6-20)29(36)33(2)3)12-14-35(19)18-24-16-26-25(11-13-31-28(26)34(24)4)27-10-9-23(30)17-32-27/h5-11,13,16-17,19,22H,12,14-15,18,30H2,1-4H3/t19-,22-/m1/s1. The molecule has 1 fully saturated rings. The molecule has 1 amide bonds. The number of carbonyl (C=O) groups excluding carboxylic acids is 1. The first-order valence-electron chi connectivity index (χ1n) is 12.5. The number of rotatable bonds is 5. The number of aromatic nitrogens is 3. The number of benzene rings is 1. The predicted octanol–water partition coefficient (Wildman–Crippen LogP) is 4.69. The average Bonchev–Trinajstić information content (AvgIpc) is 3.20. The molecule has 0 bridgehead atoms. The van der Waals surface area contributed by atoms with Crippen LogP contribution in [0, 0.1) is 0 Å². The van der Waals surface area contributed by atoms with Crippen molar-refractivity contribution in [3.05, 3.63) is 77.7 Å². The van der Waals surface area contributed by atoms with Crippen LogP contribution >= 0.6 is 0 Å². The highest BCUT2D eigenvalue weighted by atomic mass is 16.2. The van der Waals surface area contributed by atoms with Crippen LogP contribution in [0.4, 0.5) is 5.69 Å².